The SMILES string of the molecule is CC(C)COCCC(=O)N1CC[C@@H](N)C1.Cl. The Morgan fingerprint density at radius 2 is 2.25 bits per heavy atom. The van der Waals surface area contributed by atoms with Gasteiger partial charge in [0.2, 0.25) is 5.91 Å². The first-order chi connectivity index (χ1) is 7.09. The summed E-state index contributed by atoms with van der Waals surface area (Å²) >= 11 is 0. The fraction of sp³-hybridized carbons (Fsp3) is 0.909. The summed E-state index contributed by atoms with van der Waals surface area (Å²) in [6.07, 6.45) is 1.41. The van der Waals surface area contributed by atoms with Gasteiger partial charge in [0.25, 0.3) is 0 Å². The molecule has 1 saturated heterocycles. The van der Waals surface area contributed by atoms with Gasteiger partial charge in [-0.2, -0.15) is 0 Å². The van der Waals surface area contributed by atoms with Crippen molar-refractivity contribution in [3.05, 3.63) is 0 Å². The van der Waals surface area contributed by atoms with Crippen molar-refractivity contribution in [3.63, 3.8) is 0 Å². The third-order valence-corrected chi connectivity index (χ3v) is 2.49. The van der Waals surface area contributed by atoms with Gasteiger partial charge in [-0.1, -0.05) is 13.8 Å². The molecule has 0 radical (unpaired) electrons. The number of rotatable bonds is 5. The number of nitrogens with zero attached hydrogens (tertiary/aromatic N) is 1. The van der Waals surface area contributed by atoms with Crippen LogP contribution in [0.2, 0.25) is 0 Å². The summed E-state index contributed by atoms with van der Waals surface area (Å²) in [5.74, 6) is 0.701. The number of ether oxygens (including phenoxy) is 1. The number of nitrogens with two attached hydrogens (primary N) is 1. The van der Waals surface area contributed by atoms with Gasteiger partial charge in [0.15, 0.2) is 0 Å². The first-order valence-electron chi connectivity index (χ1n) is 5.70. The molecular weight excluding hydrogens is 228 g/mol. The monoisotopic (exact) mass is 250 g/mol. The van der Waals surface area contributed by atoms with Crippen LogP contribution in [0.5, 0.6) is 0 Å². The molecule has 0 aliphatic carbocycles. The molecule has 4 nitrogen and oxygen atoms in total. The molecule has 16 heavy (non-hydrogen) atoms. The van der Waals surface area contributed by atoms with Gasteiger partial charge in [-0.05, 0) is 12.3 Å². The molecule has 0 unspecified atom stereocenters. The van der Waals surface area contributed by atoms with Crippen LogP contribution >= 0.6 is 12.4 Å². The van der Waals surface area contributed by atoms with Crippen LogP contribution in [-0.4, -0.2) is 43.2 Å². The molecule has 1 aliphatic rings. The molecule has 0 aromatic heterocycles. The number of halogens is 1. The average Bonchev–Trinajstić information content (AvgIpc) is 2.59. The Hall–Kier alpha value is -0.320. The van der Waals surface area contributed by atoms with E-state index in [2.05, 4.69) is 13.8 Å². The smallest absolute Gasteiger partial charge is 0.224 e. The lowest BCUT2D eigenvalue weighted by Gasteiger charge is -2.15. The Kier molecular flexibility index (Phi) is 7.72. The number of hydrogen-bond donors (Lipinski definition) is 1. The second-order valence-electron chi connectivity index (χ2n) is 4.61. The Morgan fingerprint density at radius 3 is 2.75 bits per heavy atom. The molecule has 1 amide bonds. The molecule has 1 fully saturated rings. The van der Waals surface area contributed by atoms with E-state index in [1.54, 1.807) is 0 Å². The van der Waals surface area contributed by atoms with Gasteiger partial charge in [0, 0.05) is 25.7 Å². The average molecular weight is 251 g/mol. The van der Waals surface area contributed by atoms with E-state index in [0.717, 1.165) is 19.6 Å². The quantitative estimate of drug-likeness (QED) is 0.742. The van der Waals surface area contributed by atoms with E-state index in [1.165, 1.54) is 0 Å². The highest BCUT2D eigenvalue weighted by Gasteiger charge is 2.22. The Morgan fingerprint density at radius 1 is 1.56 bits per heavy atom. The minimum Gasteiger partial charge on any atom is -0.381 e. The predicted molar refractivity (Wildman–Crippen MR) is 66.7 cm³/mol. The summed E-state index contributed by atoms with van der Waals surface area (Å²) in [5, 5.41) is 0. The Bertz CT molecular complexity index is 212. The summed E-state index contributed by atoms with van der Waals surface area (Å²) in [6.45, 7) is 6.98. The maximum absolute atomic E-state index is 11.6. The summed E-state index contributed by atoms with van der Waals surface area (Å²) in [6, 6.07) is 0.172. The van der Waals surface area contributed by atoms with Gasteiger partial charge in [-0.25, -0.2) is 0 Å². The normalized spacial score (nSPS) is 20.0. The topological polar surface area (TPSA) is 55.6 Å². The van der Waals surface area contributed by atoms with Gasteiger partial charge >= 0.3 is 0 Å². The maximum atomic E-state index is 11.6. The third kappa shape index (κ3) is 5.68. The molecule has 0 saturated carbocycles. The van der Waals surface area contributed by atoms with Gasteiger partial charge in [0.05, 0.1) is 13.0 Å². The number of carbonyl (C=O) groups excluding carboxylic acids is 1. The van der Waals surface area contributed by atoms with Gasteiger partial charge in [-0.3, -0.25) is 4.79 Å². The van der Waals surface area contributed by atoms with Crippen LogP contribution in [0.15, 0.2) is 0 Å². The van der Waals surface area contributed by atoms with Crippen molar-refractivity contribution in [2.24, 2.45) is 11.7 Å². The Balaban J connectivity index is 0.00000225. The van der Waals surface area contributed by atoms with Crippen molar-refractivity contribution >= 4 is 18.3 Å². The number of likely N-dealkylation sites (tertiary alicyclic amines) is 1. The fourth-order valence-corrected chi connectivity index (χ4v) is 1.65. The van der Waals surface area contributed by atoms with Crippen LogP contribution in [0.1, 0.15) is 26.7 Å². The second-order valence-corrected chi connectivity index (χ2v) is 4.61. The van der Waals surface area contributed by atoms with Crippen molar-refractivity contribution in [3.8, 4) is 0 Å². The molecule has 1 aliphatic heterocycles. The van der Waals surface area contributed by atoms with Crippen molar-refractivity contribution in [2.45, 2.75) is 32.7 Å². The fourth-order valence-electron chi connectivity index (χ4n) is 1.65. The summed E-state index contributed by atoms with van der Waals surface area (Å²) < 4.78 is 5.37. The molecule has 0 spiro atoms. The van der Waals surface area contributed by atoms with Crippen LogP contribution in [0.3, 0.4) is 0 Å². The van der Waals surface area contributed by atoms with Gasteiger partial charge in [-0.15, -0.1) is 12.4 Å². The standard InChI is InChI=1S/C11H22N2O2.ClH/c1-9(2)8-15-6-4-11(14)13-5-3-10(12)7-13;/h9-10H,3-8,12H2,1-2H3;1H/t10-;/m1./s1. The van der Waals surface area contributed by atoms with Crippen LogP contribution in [-0.2, 0) is 9.53 Å². The zero-order chi connectivity index (χ0) is 11.3. The molecule has 96 valence electrons. The van der Waals surface area contributed by atoms with Crippen molar-refractivity contribution in [2.75, 3.05) is 26.3 Å². The van der Waals surface area contributed by atoms with Crippen molar-refractivity contribution < 1.29 is 9.53 Å². The first-order valence-corrected chi connectivity index (χ1v) is 5.70. The lowest BCUT2D eigenvalue weighted by molar-refractivity contribution is -0.131. The van der Waals surface area contributed by atoms with Gasteiger partial charge < -0.3 is 15.4 Å². The molecule has 0 bridgehead atoms. The zero-order valence-corrected chi connectivity index (χ0v) is 11.0. The number of amides is 1. The van der Waals surface area contributed by atoms with Crippen molar-refractivity contribution in [1.82, 2.24) is 4.90 Å². The maximum Gasteiger partial charge on any atom is 0.224 e. The molecule has 5 heteroatoms. The van der Waals surface area contributed by atoms with Crippen LogP contribution in [0.25, 0.3) is 0 Å². The number of carbonyl (C=O) groups is 1. The van der Waals surface area contributed by atoms with E-state index in [-0.39, 0.29) is 24.4 Å². The highest BCUT2D eigenvalue weighted by atomic mass is 35.5. The minimum absolute atomic E-state index is 0. The number of hydrogen-bond acceptors (Lipinski definition) is 3. The third-order valence-electron chi connectivity index (χ3n) is 2.49. The molecule has 0 aromatic rings. The highest BCUT2D eigenvalue weighted by Crippen LogP contribution is 2.08. The van der Waals surface area contributed by atoms with Crippen LogP contribution < -0.4 is 5.73 Å². The largest absolute Gasteiger partial charge is 0.381 e. The van der Waals surface area contributed by atoms with E-state index < -0.39 is 0 Å². The second kappa shape index (κ2) is 7.87. The van der Waals surface area contributed by atoms with Crippen LogP contribution in [0, 0.1) is 5.92 Å². The highest BCUT2D eigenvalue weighted by molar-refractivity contribution is 5.85. The Labute approximate surface area is 104 Å². The summed E-state index contributed by atoms with van der Waals surface area (Å²) in [7, 11) is 0. The molecule has 2 N–H and O–H groups in total. The molecule has 1 atom stereocenters. The van der Waals surface area contributed by atoms with E-state index in [4.69, 9.17) is 10.5 Å². The first kappa shape index (κ1) is 15.7. The van der Waals surface area contributed by atoms with E-state index in [1.807, 2.05) is 4.90 Å². The summed E-state index contributed by atoms with van der Waals surface area (Å²) in [4.78, 5) is 13.5. The van der Waals surface area contributed by atoms with Gasteiger partial charge in [0.1, 0.15) is 0 Å². The predicted octanol–water partition coefficient (Wildman–Crippen LogP) is 1.03. The molecule has 1 heterocycles. The van der Waals surface area contributed by atoms with E-state index >= 15 is 0 Å². The minimum atomic E-state index is 0. The zero-order valence-electron chi connectivity index (χ0n) is 10.1. The van der Waals surface area contributed by atoms with E-state index in [0.29, 0.717) is 25.5 Å². The molecule has 1 rings (SSSR count). The van der Waals surface area contributed by atoms with E-state index in [9.17, 15) is 4.79 Å². The summed E-state index contributed by atoms with van der Waals surface area (Å²) in [5.41, 5.74) is 5.73. The van der Waals surface area contributed by atoms with Crippen molar-refractivity contribution in [1.29, 1.82) is 0 Å². The lowest BCUT2D eigenvalue weighted by atomic mass is 10.2. The lowest BCUT2D eigenvalue weighted by Crippen LogP contribution is -2.32. The van der Waals surface area contributed by atoms with Crippen LogP contribution in [0.4, 0.5) is 0 Å². The molecule has 0 aromatic carbocycles. The molecular formula is C11H23ClN2O2.